The van der Waals surface area contributed by atoms with E-state index in [4.69, 9.17) is 9.05 Å². The number of carbonyl (C=O) groups excluding carboxylic acids is 1. The molecule has 0 aromatic rings. The highest BCUT2D eigenvalue weighted by atomic mass is 31.2. The molecule has 0 aliphatic heterocycles. The van der Waals surface area contributed by atoms with Crippen molar-refractivity contribution in [3.63, 3.8) is 0 Å². The molecule has 3 unspecified atom stereocenters. The first kappa shape index (κ1) is 84.2. The number of likely N-dealkylation sites (N-methyl/N-ethyl adjacent to an activating group) is 1. The zero-order valence-corrected chi connectivity index (χ0v) is 59.3. The van der Waals surface area contributed by atoms with Crippen LogP contribution in [0.15, 0.2) is 12.2 Å². The maximum atomic E-state index is 13.1. The minimum atomic E-state index is -4.60. The van der Waals surface area contributed by atoms with E-state index < -0.39 is 20.0 Å². The van der Waals surface area contributed by atoms with Gasteiger partial charge in [0.1, 0.15) is 13.2 Å². The summed E-state index contributed by atoms with van der Waals surface area (Å²) in [5.41, 5.74) is 0. The molecule has 508 valence electrons. The fourth-order valence-corrected chi connectivity index (χ4v) is 13.0. The quantitative estimate of drug-likeness (QED) is 0.0272. The zero-order chi connectivity index (χ0) is 61.9. The van der Waals surface area contributed by atoms with Crippen molar-refractivity contribution in [3.8, 4) is 0 Å². The Morgan fingerprint density at radius 3 is 0.882 bits per heavy atom. The first-order valence-electron chi connectivity index (χ1n) is 38.6. The molecule has 0 radical (unpaired) electrons. The summed E-state index contributed by atoms with van der Waals surface area (Å²) in [6.07, 6.45) is 88.0. The number of amides is 1. The molecule has 0 aliphatic rings. The summed E-state index contributed by atoms with van der Waals surface area (Å²) in [6.45, 7) is 4.73. The number of carbonyl (C=O) groups is 1. The van der Waals surface area contributed by atoms with Gasteiger partial charge in [0.25, 0.3) is 7.82 Å². The average Bonchev–Trinajstić information content (AvgIpc) is 3.49. The fraction of sp³-hybridized carbons (Fsp3) is 0.961. The van der Waals surface area contributed by atoms with E-state index in [9.17, 15) is 19.4 Å². The topological polar surface area (TPSA) is 108 Å². The lowest BCUT2D eigenvalue weighted by atomic mass is 10.0. The van der Waals surface area contributed by atoms with E-state index in [1.54, 1.807) is 6.08 Å². The molecule has 9 heteroatoms. The summed E-state index contributed by atoms with van der Waals surface area (Å²) in [4.78, 5) is 25.7. The van der Waals surface area contributed by atoms with Crippen LogP contribution in [0.4, 0.5) is 0 Å². The van der Waals surface area contributed by atoms with Gasteiger partial charge in [-0.2, -0.15) is 0 Å². The third-order valence-electron chi connectivity index (χ3n) is 18.2. The number of aliphatic hydroxyl groups excluding tert-OH is 1. The number of phosphoric acid groups is 1. The Balaban J connectivity index is 3.94. The Hall–Kier alpha value is -0.760. The third-order valence-corrected chi connectivity index (χ3v) is 19.2. The number of hydrogen-bond acceptors (Lipinski definition) is 6. The minimum Gasteiger partial charge on any atom is -0.756 e. The maximum Gasteiger partial charge on any atom is 0.268 e. The van der Waals surface area contributed by atoms with Gasteiger partial charge in [-0.1, -0.05) is 405 Å². The lowest BCUT2D eigenvalue weighted by Crippen LogP contribution is -2.45. The number of nitrogens with zero attached hydrogens (tertiary/aromatic N) is 1. The average molecular weight is 1220 g/mol. The Labute approximate surface area is 532 Å². The molecule has 0 fully saturated rings. The fourth-order valence-electron chi connectivity index (χ4n) is 12.3. The predicted octanol–water partition coefficient (Wildman–Crippen LogP) is 24.2. The van der Waals surface area contributed by atoms with Gasteiger partial charge in [-0.25, -0.2) is 0 Å². The van der Waals surface area contributed by atoms with Crippen LogP contribution in [0.3, 0.4) is 0 Å². The molecular formula is C76H153N2O6P. The van der Waals surface area contributed by atoms with Crippen LogP contribution < -0.4 is 10.2 Å². The van der Waals surface area contributed by atoms with Crippen molar-refractivity contribution in [2.24, 2.45) is 0 Å². The Morgan fingerprint density at radius 2 is 0.635 bits per heavy atom. The highest BCUT2D eigenvalue weighted by Gasteiger charge is 2.23. The van der Waals surface area contributed by atoms with Crippen molar-refractivity contribution in [2.45, 2.75) is 431 Å². The SMILES string of the molecule is CCCCCCCCCCCCCCCCCCCCCCCCCCC/C=C/C(O)C(COP(=O)([O-])OCC[N+](C)(C)C)NC(=O)CCCCCCCCCCCCCCCCCCCCCCCCCCCCCCCCCCCCCC. The summed E-state index contributed by atoms with van der Waals surface area (Å²) in [5, 5.41) is 14.0. The number of rotatable bonds is 73. The van der Waals surface area contributed by atoms with Crippen molar-refractivity contribution in [1.82, 2.24) is 5.32 Å². The second-order valence-corrected chi connectivity index (χ2v) is 29.5. The molecule has 3 atom stereocenters. The predicted molar refractivity (Wildman–Crippen MR) is 372 cm³/mol. The standard InChI is InChI=1S/C76H153N2O6P/c1-6-8-10-12-14-16-18-20-22-24-26-28-30-32-34-35-36-37-38-39-40-41-42-44-46-48-50-52-54-56-58-60-62-64-66-68-70-76(80)77-74(73-84-85(81,82)83-72-71-78(3,4)5)75(79)69-67-65-63-61-59-57-55-53-51-49-47-45-43-33-31-29-27-25-23-21-19-17-15-13-11-9-7-2/h67,69,74-75,79H,6-66,68,70-73H2,1-5H3,(H-,77,80,81,82)/b69-67+. The number of nitrogens with one attached hydrogen (secondary N) is 1. The largest absolute Gasteiger partial charge is 0.756 e. The molecule has 0 saturated heterocycles. The molecule has 0 bridgehead atoms. The van der Waals surface area contributed by atoms with Crippen molar-refractivity contribution < 1.29 is 32.9 Å². The lowest BCUT2D eigenvalue weighted by Gasteiger charge is -2.29. The van der Waals surface area contributed by atoms with Gasteiger partial charge in [0.05, 0.1) is 39.9 Å². The van der Waals surface area contributed by atoms with Crippen molar-refractivity contribution in [2.75, 3.05) is 40.9 Å². The summed E-state index contributed by atoms with van der Waals surface area (Å²) >= 11 is 0. The molecule has 2 N–H and O–H groups in total. The first-order chi connectivity index (χ1) is 41.5. The molecule has 0 rings (SSSR count). The number of quaternary nitrogens is 1. The second-order valence-electron chi connectivity index (χ2n) is 28.1. The van der Waals surface area contributed by atoms with E-state index in [0.29, 0.717) is 17.4 Å². The van der Waals surface area contributed by atoms with Crippen LogP contribution in [0.25, 0.3) is 0 Å². The molecule has 0 aromatic heterocycles. The Kier molecular flexibility index (Phi) is 67.0. The number of hydrogen-bond donors (Lipinski definition) is 2. The van der Waals surface area contributed by atoms with Gasteiger partial charge in [0.2, 0.25) is 5.91 Å². The van der Waals surface area contributed by atoms with Crippen LogP contribution in [0.1, 0.15) is 418 Å². The second kappa shape index (κ2) is 67.6. The Morgan fingerprint density at radius 1 is 0.400 bits per heavy atom. The molecule has 85 heavy (non-hydrogen) atoms. The van der Waals surface area contributed by atoms with E-state index in [1.807, 2.05) is 27.2 Å². The van der Waals surface area contributed by atoms with Gasteiger partial charge in [-0.05, 0) is 19.3 Å². The van der Waals surface area contributed by atoms with Crippen LogP contribution in [-0.2, 0) is 18.4 Å². The van der Waals surface area contributed by atoms with Gasteiger partial charge in [0, 0.05) is 6.42 Å². The molecule has 0 aliphatic carbocycles. The normalized spacial score (nSPS) is 13.5. The van der Waals surface area contributed by atoms with Gasteiger partial charge in [-0.15, -0.1) is 0 Å². The van der Waals surface area contributed by atoms with E-state index >= 15 is 0 Å². The van der Waals surface area contributed by atoms with Gasteiger partial charge >= 0.3 is 0 Å². The highest BCUT2D eigenvalue weighted by molar-refractivity contribution is 7.45. The van der Waals surface area contributed by atoms with Crippen molar-refractivity contribution >= 4 is 13.7 Å². The maximum absolute atomic E-state index is 13.1. The first-order valence-corrected chi connectivity index (χ1v) is 40.0. The molecule has 8 nitrogen and oxygen atoms in total. The molecule has 0 spiro atoms. The summed E-state index contributed by atoms with van der Waals surface area (Å²) < 4.78 is 23.5. The lowest BCUT2D eigenvalue weighted by molar-refractivity contribution is -0.870. The van der Waals surface area contributed by atoms with Crippen LogP contribution in [0, 0.1) is 0 Å². The molecule has 0 heterocycles. The number of unbranched alkanes of at least 4 members (excludes halogenated alkanes) is 60. The molecular weight excluding hydrogens is 1070 g/mol. The number of phosphoric ester groups is 1. The highest BCUT2D eigenvalue weighted by Crippen LogP contribution is 2.38. The molecule has 0 aromatic carbocycles. The van der Waals surface area contributed by atoms with Crippen LogP contribution in [0.5, 0.6) is 0 Å². The minimum absolute atomic E-state index is 0.00311. The van der Waals surface area contributed by atoms with E-state index in [-0.39, 0.29) is 19.1 Å². The summed E-state index contributed by atoms with van der Waals surface area (Å²) in [7, 11) is 1.29. The number of aliphatic hydroxyl groups is 1. The Bertz CT molecular complexity index is 1390. The molecule has 0 saturated carbocycles. The van der Waals surface area contributed by atoms with Gasteiger partial charge in [0.15, 0.2) is 0 Å². The summed E-state index contributed by atoms with van der Waals surface area (Å²) in [6, 6.07) is -0.884. The smallest absolute Gasteiger partial charge is 0.268 e. The monoisotopic (exact) mass is 1220 g/mol. The third kappa shape index (κ3) is 70.6. The van der Waals surface area contributed by atoms with E-state index in [0.717, 1.165) is 38.5 Å². The van der Waals surface area contributed by atoms with Gasteiger partial charge < -0.3 is 28.8 Å². The zero-order valence-electron chi connectivity index (χ0n) is 58.4. The van der Waals surface area contributed by atoms with E-state index in [1.165, 1.54) is 360 Å². The molecule has 1 amide bonds. The van der Waals surface area contributed by atoms with E-state index in [2.05, 4.69) is 19.2 Å². The number of allylic oxidation sites excluding steroid dienone is 1. The van der Waals surface area contributed by atoms with Crippen LogP contribution in [-0.4, -0.2) is 68.5 Å². The summed E-state index contributed by atoms with van der Waals surface area (Å²) in [5.74, 6) is -0.186. The van der Waals surface area contributed by atoms with Crippen molar-refractivity contribution in [1.29, 1.82) is 0 Å². The van der Waals surface area contributed by atoms with Crippen molar-refractivity contribution in [3.05, 3.63) is 12.2 Å². The van der Waals surface area contributed by atoms with Gasteiger partial charge in [-0.3, -0.25) is 9.36 Å². The van der Waals surface area contributed by atoms with Crippen LogP contribution in [0.2, 0.25) is 0 Å². The van der Waals surface area contributed by atoms with Crippen LogP contribution >= 0.6 is 7.82 Å².